The third-order valence-corrected chi connectivity index (χ3v) is 5.71. The first-order chi connectivity index (χ1) is 17.0. The number of carbonyl (C=O) groups excluding carboxylic acids is 3. The van der Waals surface area contributed by atoms with Gasteiger partial charge in [0.1, 0.15) is 17.6 Å². The van der Waals surface area contributed by atoms with Gasteiger partial charge in [-0.25, -0.2) is 14.7 Å². The summed E-state index contributed by atoms with van der Waals surface area (Å²) in [5.41, 5.74) is 1.08. The lowest BCUT2D eigenvalue weighted by atomic mass is 9.94. The third kappa shape index (κ3) is 5.57. The zero-order valence-corrected chi connectivity index (χ0v) is 19.3. The molecule has 1 aliphatic heterocycles. The number of urea groups is 1. The molecule has 2 aromatic carbocycles. The van der Waals surface area contributed by atoms with Crippen LogP contribution in [0.3, 0.4) is 0 Å². The van der Waals surface area contributed by atoms with E-state index >= 15 is 0 Å². The Morgan fingerprint density at radius 1 is 1.11 bits per heavy atom. The largest absolute Gasteiger partial charge is 0.573 e. The molecule has 0 saturated carbocycles. The summed E-state index contributed by atoms with van der Waals surface area (Å²) in [5.74, 6) is -1.74. The van der Waals surface area contributed by atoms with Gasteiger partial charge in [-0.15, -0.1) is 13.2 Å². The maximum atomic E-state index is 13.1. The van der Waals surface area contributed by atoms with Gasteiger partial charge in [0.25, 0.3) is 11.8 Å². The molecule has 36 heavy (non-hydrogen) atoms. The number of pyridine rings is 1. The van der Waals surface area contributed by atoms with Crippen molar-refractivity contribution in [3.05, 3.63) is 83.0 Å². The summed E-state index contributed by atoms with van der Waals surface area (Å²) in [7, 11) is 0. The summed E-state index contributed by atoms with van der Waals surface area (Å²) in [4.78, 5) is 43.1. The number of nitrogens with one attached hydrogen (secondary N) is 2. The molecule has 0 radical (unpaired) electrons. The minimum Gasteiger partial charge on any atom is -0.406 e. The lowest BCUT2D eigenvalue weighted by molar-refractivity contribution is -0.274. The molecule has 1 aromatic heterocycles. The number of nitrogens with zero attached hydrogens (tertiary/aromatic N) is 2. The smallest absolute Gasteiger partial charge is 0.406 e. The van der Waals surface area contributed by atoms with Crippen LogP contribution >= 0.6 is 11.6 Å². The van der Waals surface area contributed by atoms with E-state index in [0.29, 0.717) is 16.1 Å². The Labute approximate surface area is 208 Å². The Kier molecular flexibility index (Phi) is 6.84. The number of anilines is 2. The standard InChI is InChI=1S/C24H18ClF3N4O4/c1-13(15-10-11-29-19(12-15)30-21(33)14-2-4-16(25)5-3-14)20-22(34)32(23(35)31-20)17-6-8-18(9-7-17)36-24(26,27)28/h2-13,20H,1H3,(H,31,35)(H,29,30,33). The Hall–Kier alpha value is -4.12. The van der Waals surface area contributed by atoms with E-state index in [0.717, 1.165) is 17.0 Å². The highest BCUT2D eigenvalue weighted by Gasteiger charge is 2.42. The van der Waals surface area contributed by atoms with E-state index in [1.54, 1.807) is 43.3 Å². The molecule has 12 heteroatoms. The molecule has 0 spiro atoms. The van der Waals surface area contributed by atoms with Gasteiger partial charge in [0, 0.05) is 22.7 Å². The minimum absolute atomic E-state index is 0.0902. The van der Waals surface area contributed by atoms with E-state index in [1.165, 1.54) is 18.3 Å². The summed E-state index contributed by atoms with van der Waals surface area (Å²) in [6.45, 7) is 1.72. The van der Waals surface area contributed by atoms with Gasteiger partial charge in [0.05, 0.1) is 5.69 Å². The van der Waals surface area contributed by atoms with Crippen LogP contribution in [0.4, 0.5) is 29.5 Å². The van der Waals surface area contributed by atoms with E-state index in [1.807, 2.05) is 0 Å². The summed E-state index contributed by atoms with van der Waals surface area (Å²) in [6, 6.07) is 12.2. The van der Waals surface area contributed by atoms with Crippen LogP contribution in [0.25, 0.3) is 0 Å². The molecule has 2 unspecified atom stereocenters. The van der Waals surface area contributed by atoms with Crippen LogP contribution in [-0.2, 0) is 4.79 Å². The number of hydrogen-bond acceptors (Lipinski definition) is 5. The number of benzene rings is 2. The fourth-order valence-corrected chi connectivity index (χ4v) is 3.79. The monoisotopic (exact) mass is 518 g/mol. The number of aromatic nitrogens is 1. The average Bonchev–Trinajstić information content (AvgIpc) is 3.12. The predicted octanol–water partition coefficient (Wildman–Crippen LogP) is 5.11. The fraction of sp³-hybridized carbons (Fsp3) is 0.167. The summed E-state index contributed by atoms with van der Waals surface area (Å²) in [5, 5.41) is 5.76. The molecular formula is C24H18ClF3N4O4. The molecule has 1 saturated heterocycles. The summed E-state index contributed by atoms with van der Waals surface area (Å²) in [6.07, 6.45) is -3.40. The van der Waals surface area contributed by atoms with Crippen molar-refractivity contribution in [2.24, 2.45) is 0 Å². The number of ether oxygens (including phenoxy) is 1. The second-order valence-electron chi connectivity index (χ2n) is 7.87. The summed E-state index contributed by atoms with van der Waals surface area (Å²) >= 11 is 5.84. The van der Waals surface area contributed by atoms with Gasteiger partial charge in [-0.2, -0.15) is 0 Å². The number of hydrogen-bond donors (Lipinski definition) is 2. The molecule has 4 amide bonds. The molecule has 3 aromatic rings. The van der Waals surface area contributed by atoms with E-state index in [9.17, 15) is 27.6 Å². The Balaban J connectivity index is 1.47. The quantitative estimate of drug-likeness (QED) is 0.441. The molecule has 2 atom stereocenters. The van der Waals surface area contributed by atoms with Crippen molar-refractivity contribution in [2.75, 3.05) is 10.2 Å². The summed E-state index contributed by atoms with van der Waals surface area (Å²) < 4.78 is 41.0. The Morgan fingerprint density at radius 3 is 2.42 bits per heavy atom. The zero-order valence-electron chi connectivity index (χ0n) is 18.5. The second kappa shape index (κ2) is 9.86. The molecule has 0 bridgehead atoms. The maximum Gasteiger partial charge on any atom is 0.573 e. The normalized spacial score (nSPS) is 16.5. The highest BCUT2D eigenvalue weighted by atomic mass is 35.5. The molecule has 8 nitrogen and oxygen atoms in total. The maximum absolute atomic E-state index is 13.1. The molecule has 1 fully saturated rings. The van der Waals surface area contributed by atoms with Crippen LogP contribution in [0.1, 0.15) is 28.8 Å². The van der Waals surface area contributed by atoms with Crippen LogP contribution in [0.2, 0.25) is 5.02 Å². The third-order valence-electron chi connectivity index (χ3n) is 5.45. The minimum atomic E-state index is -4.86. The van der Waals surface area contributed by atoms with Gasteiger partial charge in [-0.3, -0.25) is 9.59 Å². The molecular weight excluding hydrogens is 501 g/mol. The highest BCUT2D eigenvalue weighted by molar-refractivity contribution is 6.30. The molecule has 4 rings (SSSR count). The van der Waals surface area contributed by atoms with E-state index < -0.39 is 41.9 Å². The number of rotatable bonds is 6. The van der Waals surface area contributed by atoms with Crippen molar-refractivity contribution in [2.45, 2.75) is 25.2 Å². The molecule has 2 heterocycles. The highest BCUT2D eigenvalue weighted by Crippen LogP contribution is 2.30. The number of alkyl halides is 3. The first-order valence-corrected chi connectivity index (χ1v) is 10.9. The molecule has 186 valence electrons. The second-order valence-corrected chi connectivity index (χ2v) is 8.30. The first kappa shape index (κ1) is 25.0. The zero-order chi connectivity index (χ0) is 26.0. The first-order valence-electron chi connectivity index (χ1n) is 10.5. The SMILES string of the molecule is CC(c1ccnc(NC(=O)c2ccc(Cl)cc2)c1)C1NC(=O)N(c2ccc(OC(F)(F)F)cc2)C1=O. The van der Waals surface area contributed by atoms with E-state index in [4.69, 9.17) is 11.6 Å². The molecule has 1 aliphatic rings. The van der Waals surface area contributed by atoms with Gasteiger partial charge in [-0.1, -0.05) is 18.5 Å². The molecule has 2 N–H and O–H groups in total. The van der Waals surface area contributed by atoms with Crippen LogP contribution < -0.4 is 20.3 Å². The van der Waals surface area contributed by atoms with Crippen LogP contribution in [-0.4, -0.2) is 35.2 Å². The molecule has 0 aliphatic carbocycles. The average molecular weight is 519 g/mol. The van der Waals surface area contributed by atoms with Gasteiger partial charge in [-0.05, 0) is 66.2 Å². The Morgan fingerprint density at radius 2 is 1.78 bits per heavy atom. The lowest BCUT2D eigenvalue weighted by Gasteiger charge is -2.19. The van der Waals surface area contributed by atoms with Crippen LogP contribution in [0.15, 0.2) is 66.9 Å². The van der Waals surface area contributed by atoms with Gasteiger partial charge in [0.15, 0.2) is 0 Å². The van der Waals surface area contributed by atoms with Gasteiger partial charge in [0.2, 0.25) is 0 Å². The van der Waals surface area contributed by atoms with Crippen LogP contribution in [0, 0.1) is 0 Å². The van der Waals surface area contributed by atoms with Crippen molar-refractivity contribution in [1.29, 1.82) is 0 Å². The lowest BCUT2D eigenvalue weighted by Crippen LogP contribution is -2.35. The number of imide groups is 1. The number of halogens is 4. The van der Waals surface area contributed by atoms with Crippen molar-refractivity contribution in [1.82, 2.24) is 10.3 Å². The van der Waals surface area contributed by atoms with Gasteiger partial charge < -0.3 is 15.4 Å². The van der Waals surface area contributed by atoms with Crippen molar-refractivity contribution >= 4 is 41.0 Å². The van der Waals surface area contributed by atoms with Gasteiger partial charge >= 0.3 is 12.4 Å². The predicted molar refractivity (Wildman–Crippen MR) is 125 cm³/mol. The fourth-order valence-electron chi connectivity index (χ4n) is 3.66. The van der Waals surface area contributed by atoms with Crippen molar-refractivity contribution < 1.29 is 32.3 Å². The van der Waals surface area contributed by atoms with E-state index in [2.05, 4.69) is 20.4 Å². The number of amides is 4. The Bertz CT molecular complexity index is 1300. The van der Waals surface area contributed by atoms with Crippen LogP contribution in [0.5, 0.6) is 5.75 Å². The van der Waals surface area contributed by atoms with Crippen molar-refractivity contribution in [3.63, 3.8) is 0 Å². The number of carbonyl (C=O) groups is 3. The topological polar surface area (TPSA) is 101 Å². The van der Waals surface area contributed by atoms with E-state index in [-0.39, 0.29) is 11.5 Å². The van der Waals surface area contributed by atoms with Crippen molar-refractivity contribution in [3.8, 4) is 5.75 Å².